The zero-order valence-electron chi connectivity index (χ0n) is 6.20. The lowest BCUT2D eigenvalue weighted by atomic mass is 10.1. The number of benzene rings is 1. The molecule has 0 saturated carbocycles. The summed E-state index contributed by atoms with van der Waals surface area (Å²) in [5.74, 6) is 0. The van der Waals surface area contributed by atoms with Gasteiger partial charge in [-0.3, -0.25) is 4.79 Å². The average Bonchev–Trinajstić information content (AvgIpc) is 2.00. The average molecular weight is 268 g/mol. The highest BCUT2D eigenvalue weighted by Gasteiger charge is 2.10. The van der Waals surface area contributed by atoms with Crippen LogP contribution < -0.4 is 0 Å². The molecular formula is C8H5BrCl2O. The first kappa shape index (κ1) is 10.0. The van der Waals surface area contributed by atoms with Crippen LogP contribution in [0.25, 0.3) is 0 Å². The topological polar surface area (TPSA) is 17.1 Å². The largest absolute Gasteiger partial charge is 0.276 e. The number of carbonyl (C=O) groups is 1. The second-order valence-corrected chi connectivity index (χ2v) is 3.85. The lowest BCUT2D eigenvalue weighted by Gasteiger charge is -2.04. The van der Waals surface area contributed by atoms with Gasteiger partial charge in [0.15, 0.2) is 0 Å². The Morgan fingerprint density at radius 3 is 2.58 bits per heavy atom. The van der Waals surface area contributed by atoms with Crippen LogP contribution in [-0.4, -0.2) is 5.24 Å². The van der Waals surface area contributed by atoms with Gasteiger partial charge in [0.25, 0.3) is 5.24 Å². The summed E-state index contributed by atoms with van der Waals surface area (Å²) >= 11 is 14.4. The summed E-state index contributed by atoms with van der Waals surface area (Å²) in [7, 11) is 0. The molecule has 0 amide bonds. The molecule has 0 unspecified atom stereocenters. The molecule has 0 saturated heterocycles. The van der Waals surface area contributed by atoms with Crippen molar-refractivity contribution in [3.8, 4) is 0 Å². The van der Waals surface area contributed by atoms with Gasteiger partial charge in [-0.15, -0.1) is 0 Å². The van der Waals surface area contributed by atoms with Crippen LogP contribution in [0, 0.1) is 6.92 Å². The highest BCUT2D eigenvalue weighted by atomic mass is 79.9. The predicted octanol–water partition coefficient (Wildman–Crippen LogP) is 3.79. The Bertz CT molecular complexity index is 336. The van der Waals surface area contributed by atoms with E-state index in [4.69, 9.17) is 23.2 Å². The summed E-state index contributed by atoms with van der Waals surface area (Å²) in [6.07, 6.45) is 0. The van der Waals surface area contributed by atoms with Crippen LogP contribution in [0.1, 0.15) is 15.9 Å². The maximum atomic E-state index is 10.8. The first-order chi connectivity index (χ1) is 5.54. The van der Waals surface area contributed by atoms with E-state index in [1.807, 2.05) is 0 Å². The molecule has 12 heavy (non-hydrogen) atoms. The zero-order valence-corrected chi connectivity index (χ0v) is 9.29. The quantitative estimate of drug-likeness (QED) is 0.708. The Labute approximate surface area is 88.8 Å². The van der Waals surface area contributed by atoms with E-state index in [1.54, 1.807) is 19.1 Å². The molecule has 0 N–H and O–H groups in total. The van der Waals surface area contributed by atoms with Gasteiger partial charge in [-0.2, -0.15) is 0 Å². The van der Waals surface area contributed by atoms with Gasteiger partial charge in [0.1, 0.15) is 0 Å². The molecule has 0 atom stereocenters. The van der Waals surface area contributed by atoms with Crippen molar-refractivity contribution >= 4 is 44.4 Å². The van der Waals surface area contributed by atoms with Crippen molar-refractivity contribution in [3.63, 3.8) is 0 Å². The van der Waals surface area contributed by atoms with Crippen molar-refractivity contribution in [2.75, 3.05) is 0 Å². The Balaban J connectivity index is 3.36. The van der Waals surface area contributed by atoms with Gasteiger partial charge >= 0.3 is 0 Å². The molecule has 1 aromatic rings. The third kappa shape index (κ3) is 1.82. The Morgan fingerprint density at radius 1 is 1.50 bits per heavy atom. The summed E-state index contributed by atoms with van der Waals surface area (Å²) in [5, 5.41) is 0.110. The lowest BCUT2D eigenvalue weighted by Crippen LogP contribution is -1.93. The fourth-order valence-electron chi connectivity index (χ4n) is 0.865. The summed E-state index contributed by atoms with van der Waals surface area (Å²) in [4.78, 5) is 10.8. The molecule has 0 aromatic heterocycles. The molecule has 0 fully saturated rings. The Hall–Kier alpha value is -0.0500. The Morgan fingerprint density at radius 2 is 2.08 bits per heavy atom. The van der Waals surface area contributed by atoms with Gasteiger partial charge in [-0.25, -0.2) is 0 Å². The normalized spacial score (nSPS) is 10.0. The molecule has 1 aromatic carbocycles. The minimum Gasteiger partial charge on any atom is -0.276 e. The smallest absolute Gasteiger partial charge is 0.252 e. The molecule has 0 aliphatic carbocycles. The van der Waals surface area contributed by atoms with Crippen molar-refractivity contribution in [1.29, 1.82) is 0 Å². The van der Waals surface area contributed by atoms with Crippen molar-refractivity contribution in [2.45, 2.75) is 6.92 Å². The van der Waals surface area contributed by atoms with Gasteiger partial charge < -0.3 is 0 Å². The molecule has 0 aliphatic rings. The van der Waals surface area contributed by atoms with Gasteiger partial charge in [0.05, 0.1) is 5.02 Å². The van der Waals surface area contributed by atoms with Crippen LogP contribution in [-0.2, 0) is 0 Å². The molecule has 0 aliphatic heterocycles. The van der Waals surface area contributed by atoms with E-state index in [0.29, 0.717) is 10.6 Å². The Kier molecular flexibility index (Phi) is 3.16. The van der Waals surface area contributed by atoms with Gasteiger partial charge in [-0.05, 0) is 52.2 Å². The van der Waals surface area contributed by atoms with Gasteiger partial charge in [-0.1, -0.05) is 11.6 Å². The van der Waals surface area contributed by atoms with Crippen LogP contribution in [0.4, 0.5) is 0 Å². The second kappa shape index (κ2) is 3.77. The zero-order chi connectivity index (χ0) is 9.30. The van der Waals surface area contributed by atoms with E-state index in [9.17, 15) is 4.79 Å². The molecule has 1 nitrogen and oxygen atoms in total. The molecule has 0 spiro atoms. The first-order valence-electron chi connectivity index (χ1n) is 3.18. The van der Waals surface area contributed by atoms with Crippen molar-refractivity contribution in [2.24, 2.45) is 0 Å². The fourth-order valence-corrected chi connectivity index (χ4v) is 1.62. The minimum absolute atomic E-state index is 0.468. The summed E-state index contributed by atoms with van der Waals surface area (Å²) in [5.41, 5.74) is 1.25. The summed E-state index contributed by atoms with van der Waals surface area (Å²) < 4.78 is 0.718. The number of hydrogen-bond donors (Lipinski definition) is 0. The molecule has 0 heterocycles. The van der Waals surface area contributed by atoms with Gasteiger partial charge in [0, 0.05) is 10.0 Å². The standard InChI is InChI=1S/C8H5BrCl2O/c1-4-5(8(11)12)2-3-6(10)7(4)9/h2-3H,1H3. The van der Waals surface area contributed by atoms with Crippen molar-refractivity contribution in [3.05, 3.63) is 32.8 Å². The monoisotopic (exact) mass is 266 g/mol. The molecule has 4 heteroatoms. The molecule has 1 rings (SSSR count). The maximum Gasteiger partial charge on any atom is 0.252 e. The summed E-state index contributed by atoms with van der Waals surface area (Å²) in [6.45, 7) is 1.78. The maximum absolute atomic E-state index is 10.8. The summed E-state index contributed by atoms with van der Waals surface area (Å²) in [6, 6.07) is 3.24. The van der Waals surface area contributed by atoms with Crippen LogP contribution in [0.5, 0.6) is 0 Å². The number of rotatable bonds is 1. The van der Waals surface area contributed by atoms with Crippen LogP contribution >= 0.6 is 39.1 Å². The lowest BCUT2D eigenvalue weighted by molar-refractivity contribution is 0.108. The predicted molar refractivity (Wildman–Crippen MR) is 54.1 cm³/mol. The second-order valence-electron chi connectivity index (χ2n) is 2.31. The van der Waals surface area contributed by atoms with E-state index >= 15 is 0 Å². The number of hydrogen-bond acceptors (Lipinski definition) is 1. The molecule has 64 valence electrons. The van der Waals surface area contributed by atoms with Crippen LogP contribution in [0.2, 0.25) is 5.02 Å². The van der Waals surface area contributed by atoms with E-state index in [-0.39, 0.29) is 0 Å². The SMILES string of the molecule is Cc1c(C(=O)Cl)ccc(Cl)c1Br. The highest BCUT2D eigenvalue weighted by molar-refractivity contribution is 9.10. The van der Waals surface area contributed by atoms with Crippen LogP contribution in [0.3, 0.4) is 0 Å². The third-order valence-electron chi connectivity index (χ3n) is 1.55. The highest BCUT2D eigenvalue weighted by Crippen LogP contribution is 2.28. The van der Waals surface area contributed by atoms with E-state index in [2.05, 4.69) is 15.9 Å². The minimum atomic E-state index is -0.468. The first-order valence-corrected chi connectivity index (χ1v) is 4.73. The third-order valence-corrected chi connectivity index (χ3v) is 3.32. The number of carbonyl (C=O) groups excluding carboxylic acids is 1. The van der Waals surface area contributed by atoms with Crippen molar-refractivity contribution < 1.29 is 4.79 Å². The molecular weight excluding hydrogens is 263 g/mol. The molecule has 0 bridgehead atoms. The van der Waals surface area contributed by atoms with E-state index in [0.717, 1.165) is 10.0 Å². The van der Waals surface area contributed by atoms with Crippen LogP contribution in [0.15, 0.2) is 16.6 Å². The van der Waals surface area contributed by atoms with Gasteiger partial charge in [0.2, 0.25) is 0 Å². The number of halogens is 3. The molecule has 0 radical (unpaired) electrons. The van der Waals surface area contributed by atoms with E-state index in [1.165, 1.54) is 0 Å². The fraction of sp³-hybridized carbons (Fsp3) is 0.125. The van der Waals surface area contributed by atoms with E-state index < -0.39 is 5.24 Å². The van der Waals surface area contributed by atoms with Crippen molar-refractivity contribution in [1.82, 2.24) is 0 Å².